The molecular weight excluding hydrogens is 332 g/mol. The van der Waals surface area contributed by atoms with E-state index in [1.807, 2.05) is 13.8 Å². The number of rotatable bonds is 8. The maximum absolute atomic E-state index is 12.4. The van der Waals surface area contributed by atoms with Crippen LogP contribution in [0.15, 0.2) is 18.2 Å². The number of sulfonamides is 1. The quantitative estimate of drug-likeness (QED) is 0.548. The van der Waals surface area contributed by atoms with Crippen LogP contribution in [0.2, 0.25) is 0 Å². The fraction of sp³-hybridized carbons (Fsp3) is 0.467. The Morgan fingerprint density at radius 1 is 1.25 bits per heavy atom. The molecule has 0 saturated heterocycles. The van der Waals surface area contributed by atoms with Gasteiger partial charge >= 0.3 is 0 Å². The van der Waals surface area contributed by atoms with Crippen LogP contribution in [0, 0.1) is 0 Å². The molecule has 2 amide bonds. The molecule has 9 heteroatoms. The lowest BCUT2D eigenvalue weighted by Crippen LogP contribution is -2.39. The Morgan fingerprint density at radius 2 is 1.92 bits per heavy atom. The number of nitrogens with one attached hydrogen (secondary N) is 4. The van der Waals surface area contributed by atoms with E-state index in [1.165, 1.54) is 25.1 Å². The van der Waals surface area contributed by atoms with E-state index < -0.39 is 15.9 Å². The molecule has 0 saturated carbocycles. The molecule has 8 nitrogen and oxygen atoms in total. The van der Waals surface area contributed by atoms with E-state index in [2.05, 4.69) is 20.7 Å². The number of carbonyl (C=O) groups excluding carboxylic acids is 2. The molecule has 0 radical (unpaired) electrons. The Morgan fingerprint density at radius 3 is 2.46 bits per heavy atom. The molecule has 0 aliphatic heterocycles. The van der Waals surface area contributed by atoms with E-state index >= 15 is 0 Å². The van der Waals surface area contributed by atoms with Crippen molar-refractivity contribution >= 4 is 33.2 Å². The molecule has 0 bridgehead atoms. The van der Waals surface area contributed by atoms with E-state index in [4.69, 9.17) is 0 Å². The van der Waals surface area contributed by atoms with Crippen molar-refractivity contribution in [3.8, 4) is 0 Å². The molecule has 1 aromatic rings. The van der Waals surface area contributed by atoms with E-state index in [9.17, 15) is 18.0 Å². The van der Waals surface area contributed by atoms with Gasteiger partial charge in [-0.3, -0.25) is 14.3 Å². The van der Waals surface area contributed by atoms with Gasteiger partial charge in [0.15, 0.2) is 0 Å². The van der Waals surface area contributed by atoms with Crippen molar-refractivity contribution in [1.29, 1.82) is 0 Å². The van der Waals surface area contributed by atoms with Crippen LogP contribution in [-0.2, 0) is 14.8 Å². The van der Waals surface area contributed by atoms with Crippen LogP contribution in [-0.4, -0.2) is 45.6 Å². The van der Waals surface area contributed by atoms with Gasteiger partial charge in [-0.05, 0) is 31.7 Å². The van der Waals surface area contributed by atoms with Crippen LogP contribution in [0.3, 0.4) is 0 Å². The van der Waals surface area contributed by atoms with Crippen molar-refractivity contribution < 1.29 is 18.0 Å². The van der Waals surface area contributed by atoms with Gasteiger partial charge in [-0.1, -0.05) is 6.92 Å². The molecule has 0 fully saturated rings. The summed E-state index contributed by atoms with van der Waals surface area (Å²) in [5.74, 6) is -0.718. The molecule has 4 N–H and O–H groups in total. The Labute approximate surface area is 142 Å². The minimum Gasteiger partial charge on any atom is -0.350 e. The average molecular weight is 356 g/mol. The maximum Gasteiger partial charge on any atom is 0.253 e. The summed E-state index contributed by atoms with van der Waals surface area (Å²) in [6.07, 6.45) is 1.00. The predicted molar refractivity (Wildman–Crippen MR) is 94.7 cm³/mol. The van der Waals surface area contributed by atoms with E-state index in [1.54, 1.807) is 0 Å². The minimum absolute atomic E-state index is 0.0730. The Kier molecular flexibility index (Phi) is 7.18. The van der Waals surface area contributed by atoms with Crippen molar-refractivity contribution in [1.82, 2.24) is 10.6 Å². The zero-order valence-corrected chi connectivity index (χ0v) is 15.1. The van der Waals surface area contributed by atoms with Gasteiger partial charge in [0.1, 0.15) is 0 Å². The summed E-state index contributed by atoms with van der Waals surface area (Å²) in [7, 11) is -3.54. The third-order valence-electron chi connectivity index (χ3n) is 3.00. The molecule has 0 unspecified atom stereocenters. The highest BCUT2D eigenvalue weighted by Crippen LogP contribution is 2.21. The van der Waals surface area contributed by atoms with Gasteiger partial charge in [0.05, 0.1) is 17.5 Å². The topological polar surface area (TPSA) is 116 Å². The zero-order valence-electron chi connectivity index (χ0n) is 14.3. The number of anilines is 2. The second-order valence-corrected chi connectivity index (χ2v) is 7.23. The predicted octanol–water partition coefficient (Wildman–Crippen LogP) is 0.744. The third kappa shape index (κ3) is 6.97. The number of likely N-dealkylation sites (N-methyl/N-ethyl adjacent to an activating group) is 1. The average Bonchev–Trinajstić information content (AvgIpc) is 2.44. The SMILES string of the molecule is CCN[C@H](C)CNC(=O)c1cc(NC(C)=O)ccc1NS(C)(=O)=O. The number of hydrogen-bond donors (Lipinski definition) is 4. The summed E-state index contributed by atoms with van der Waals surface area (Å²) in [4.78, 5) is 23.6. The maximum atomic E-state index is 12.4. The highest BCUT2D eigenvalue weighted by Gasteiger charge is 2.16. The smallest absolute Gasteiger partial charge is 0.253 e. The van der Waals surface area contributed by atoms with Crippen molar-refractivity contribution in [2.24, 2.45) is 0 Å². The summed E-state index contributed by atoms with van der Waals surface area (Å²) in [5, 5.41) is 8.47. The van der Waals surface area contributed by atoms with Gasteiger partial charge in [-0.15, -0.1) is 0 Å². The van der Waals surface area contributed by atoms with Gasteiger partial charge < -0.3 is 16.0 Å². The van der Waals surface area contributed by atoms with Gasteiger partial charge in [0.2, 0.25) is 15.9 Å². The lowest BCUT2D eigenvalue weighted by molar-refractivity contribution is -0.114. The Bertz CT molecular complexity index is 703. The van der Waals surface area contributed by atoms with Crippen LogP contribution in [0.25, 0.3) is 0 Å². The van der Waals surface area contributed by atoms with Crippen LogP contribution in [0.1, 0.15) is 31.1 Å². The normalized spacial score (nSPS) is 12.3. The molecule has 134 valence electrons. The van der Waals surface area contributed by atoms with Crippen LogP contribution in [0.4, 0.5) is 11.4 Å². The summed E-state index contributed by atoms with van der Waals surface area (Å²) < 4.78 is 25.2. The van der Waals surface area contributed by atoms with Crippen LogP contribution in [0.5, 0.6) is 0 Å². The monoisotopic (exact) mass is 356 g/mol. The van der Waals surface area contributed by atoms with Gasteiger partial charge in [-0.2, -0.15) is 0 Å². The fourth-order valence-corrected chi connectivity index (χ4v) is 2.64. The Hall–Kier alpha value is -2.13. The standard InChI is InChI=1S/C15H24N4O4S/c1-5-16-10(2)9-17-15(21)13-8-12(18-11(3)20)6-7-14(13)19-24(4,22)23/h6-8,10,16,19H,5,9H2,1-4H3,(H,17,21)(H,18,20)/t10-/m1/s1. The number of hydrogen-bond acceptors (Lipinski definition) is 5. The molecule has 1 atom stereocenters. The molecule has 24 heavy (non-hydrogen) atoms. The fourth-order valence-electron chi connectivity index (χ4n) is 2.06. The van der Waals surface area contributed by atoms with Crippen LogP contribution >= 0.6 is 0 Å². The molecule has 0 aliphatic rings. The van der Waals surface area contributed by atoms with E-state index in [-0.39, 0.29) is 23.2 Å². The van der Waals surface area contributed by atoms with E-state index in [0.717, 1.165) is 12.8 Å². The van der Waals surface area contributed by atoms with Crippen molar-refractivity contribution in [2.45, 2.75) is 26.8 Å². The molecule has 0 aliphatic carbocycles. The first-order chi connectivity index (χ1) is 11.1. The number of amides is 2. The molecule has 0 spiro atoms. The highest BCUT2D eigenvalue weighted by atomic mass is 32.2. The largest absolute Gasteiger partial charge is 0.350 e. The molecule has 1 rings (SSSR count). The Balaban J connectivity index is 3.05. The van der Waals surface area contributed by atoms with Crippen molar-refractivity contribution in [3.63, 3.8) is 0 Å². The van der Waals surface area contributed by atoms with Gasteiger partial charge in [0.25, 0.3) is 5.91 Å². The first-order valence-electron chi connectivity index (χ1n) is 7.53. The molecular formula is C15H24N4O4S. The molecule has 0 aromatic heterocycles. The second-order valence-electron chi connectivity index (χ2n) is 5.48. The summed E-state index contributed by atoms with van der Waals surface area (Å²) >= 11 is 0. The van der Waals surface area contributed by atoms with Crippen molar-refractivity contribution in [2.75, 3.05) is 29.4 Å². The number of benzene rings is 1. The molecule has 0 heterocycles. The minimum atomic E-state index is -3.54. The summed E-state index contributed by atoms with van der Waals surface area (Å²) in [6, 6.07) is 4.47. The first-order valence-corrected chi connectivity index (χ1v) is 9.42. The lowest BCUT2D eigenvalue weighted by atomic mass is 10.1. The first kappa shape index (κ1) is 19.9. The molecule has 1 aromatic carbocycles. The summed E-state index contributed by atoms with van der Waals surface area (Å²) in [6.45, 7) is 6.39. The zero-order chi connectivity index (χ0) is 18.3. The van der Waals surface area contributed by atoms with E-state index in [0.29, 0.717) is 12.2 Å². The lowest BCUT2D eigenvalue weighted by Gasteiger charge is -2.16. The van der Waals surface area contributed by atoms with Crippen molar-refractivity contribution in [3.05, 3.63) is 23.8 Å². The number of carbonyl (C=O) groups is 2. The van der Waals surface area contributed by atoms with Gasteiger partial charge in [-0.25, -0.2) is 8.42 Å². The third-order valence-corrected chi connectivity index (χ3v) is 3.59. The van der Waals surface area contributed by atoms with Crippen LogP contribution < -0.4 is 20.7 Å². The van der Waals surface area contributed by atoms with Gasteiger partial charge in [0, 0.05) is 25.2 Å². The second kappa shape index (κ2) is 8.65. The highest BCUT2D eigenvalue weighted by molar-refractivity contribution is 7.92. The summed E-state index contributed by atoms with van der Waals surface area (Å²) in [5.41, 5.74) is 0.696.